The molecule has 0 amide bonds. The van der Waals surface area contributed by atoms with Crippen LogP contribution in [0.1, 0.15) is 30.3 Å². The quantitative estimate of drug-likeness (QED) is 0.797. The minimum atomic E-state index is 0.313. The Balaban J connectivity index is 2.30. The molecule has 0 saturated carbocycles. The van der Waals surface area contributed by atoms with Gasteiger partial charge in [0.2, 0.25) is 0 Å². The highest BCUT2D eigenvalue weighted by atomic mass is 32.1. The zero-order chi connectivity index (χ0) is 13.1. The van der Waals surface area contributed by atoms with Gasteiger partial charge in [-0.3, -0.25) is 0 Å². The molecule has 1 aromatic heterocycles. The number of nitrogens with one attached hydrogen (secondary N) is 1. The second kappa shape index (κ2) is 5.44. The molecule has 0 spiro atoms. The maximum absolute atomic E-state index is 6.06. The maximum Gasteiger partial charge on any atom is 0.0630 e. The Labute approximate surface area is 113 Å². The average molecular weight is 260 g/mol. The number of anilines is 2. The molecule has 0 radical (unpaired) electrons. The van der Waals surface area contributed by atoms with Gasteiger partial charge in [0.15, 0.2) is 0 Å². The van der Waals surface area contributed by atoms with Gasteiger partial charge in [0.1, 0.15) is 0 Å². The third-order valence-corrected chi connectivity index (χ3v) is 4.08. The molecule has 3 N–H and O–H groups in total. The molecule has 0 fully saturated rings. The predicted octanol–water partition coefficient (Wildman–Crippen LogP) is 4.45. The number of aryl methyl sites for hydroxylation is 1. The minimum Gasteiger partial charge on any atom is -0.397 e. The van der Waals surface area contributed by atoms with Crippen LogP contribution >= 0.6 is 11.3 Å². The maximum atomic E-state index is 6.06. The number of nitrogen functional groups attached to an aromatic ring is 1. The normalized spacial score (nSPS) is 12.7. The Morgan fingerprint density at radius 3 is 2.50 bits per heavy atom. The van der Waals surface area contributed by atoms with Crippen molar-refractivity contribution >= 4 is 22.7 Å². The number of thiophene rings is 1. The number of nitrogens with two attached hydrogens (primary N) is 1. The fourth-order valence-corrected chi connectivity index (χ4v) is 3.03. The highest BCUT2D eigenvalue weighted by Gasteiger charge is 2.18. The fourth-order valence-electron chi connectivity index (χ4n) is 2.08. The molecule has 2 aromatic rings. The molecule has 1 aromatic carbocycles. The second-order valence-electron chi connectivity index (χ2n) is 4.92. The van der Waals surface area contributed by atoms with Crippen LogP contribution in [0.2, 0.25) is 0 Å². The minimum absolute atomic E-state index is 0.313. The molecule has 0 aliphatic heterocycles. The first-order chi connectivity index (χ1) is 8.59. The first kappa shape index (κ1) is 13.0. The summed E-state index contributed by atoms with van der Waals surface area (Å²) in [6, 6.07) is 10.6. The first-order valence-electron chi connectivity index (χ1n) is 6.24. The topological polar surface area (TPSA) is 38.0 Å². The zero-order valence-corrected chi connectivity index (χ0v) is 11.9. The summed E-state index contributed by atoms with van der Waals surface area (Å²) >= 11 is 1.79. The van der Waals surface area contributed by atoms with Gasteiger partial charge in [0, 0.05) is 4.88 Å². The summed E-state index contributed by atoms with van der Waals surface area (Å²) in [6.07, 6.45) is 0. The van der Waals surface area contributed by atoms with Crippen LogP contribution in [0.25, 0.3) is 0 Å². The SMILES string of the molecule is Cc1cccc(N)c1NC(c1cccs1)C(C)C. The van der Waals surface area contributed by atoms with Gasteiger partial charge in [-0.25, -0.2) is 0 Å². The van der Waals surface area contributed by atoms with Crippen molar-refractivity contribution < 1.29 is 0 Å². The van der Waals surface area contributed by atoms with E-state index in [0.29, 0.717) is 12.0 Å². The van der Waals surface area contributed by atoms with Crippen molar-refractivity contribution in [3.8, 4) is 0 Å². The van der Waals surface area contributed by atoms with E-state index >= 15 is 0 Å². The molecule has 1 atom stereocenters. The smallest absolute Gasteiger partial charge is 0.0630 e. The second-order valence-corrected chi connectivity index (χ2v) is 5.90. The van der Waals surface area contributed by atoms with E-state index in [2.05, 4.69) is 49.7 Å². The molecule has 2 nitrogen and oxygen atoms in total. The lowest BCUT2D eigenvalue weighted by molar-refractivity contribution is 0.554. The van der Waals surface area contributed by atoms with Crippen LogP contribution in [0.5, 0.6) is 0 Å². The number of hydrogen-bond acceptors (Lipinski definition) is 3. The molecule has 2 rings (SSSR count). The Hall–Kier alpha value is -1.48. The van der Waals surface area contributed by atoms with Crippen molar-refractivity contribution in [2.45, 2.75) is 26.8 Å². The Bertz CT molecular complexity index is 483. The van der Waals surface area contributed by atoms with Crippen molar-refractivity contribution in [1.29, 1.82) is 0 Å². The third-order valence-electron chi connectivity index (χ3n) is 3.12. The van der Waals surface area contributed by atoms with Crippen molar-refractivity contribution in [3.05, 3.63) is 46.2 Å². The van der Waals surface area contributed by atoms with Gasteiger partial charge in [-0.1, -0.05) is 32.0 Å². The summed E-state index contributed by atoms with van der Waals surface area (Å²) in [7, 11) is 0. The van der Waals surface area contributed by atoms with E-state index in [-0.39, 0.29) is 0 Å². The lowest BCUT2D eigenvalue weighted by Gasteiger charge is -2.24. The summed E-state index contributed by atoms with van der Waals surface area (Å²) in [5.74, 6) is 0.516. The standard InChI is InChI=1S/C15H20N2S/c1-10(2)14(13-8-5-9-18-13)17-15-11(3)6-4-7-12(15)16/h4-10,14,17H,16H2,1-3H3. The largest absolute Gasteiger partial charge is 0.397 e. The van der Waals surface area contributed by atoms with Crippen LogP contribution < -0.4 is 11.1 Å². The Kier molecular flexibility index (Phi) is 3.92. The average Bonchev–Trinajstić information content (AvgIpc) is 2.81. The van der Waals surface area contributed by atoms with E-state index in [1.807, 2.05) is 12.1 Å². The van der Waals surface area contributed by atoms with E-state index in [9.17, 15) is 0 Å². The van der Waals surface area contributed by atoms with E-state index < -0.39 is 0 Å². The van der Waals surface area contributed by atoms with Crippen LogP contribution in [-0.2, 0) is 0 Å². The molecule has 1 unspecified atom stereocenters. The molecule has 0 aliphatic carbocycles. The molecule has 0 aliphatic rings. The summed E-state index contributed by atoms with van der Waals surface area (Å²) in [6.45, 7) is 6.54. The highest BCUT2D eigenvalue weighted by Crippen LogP contribution is 2.33. The molecule has 96 valence electrons. The van der Waals surface area contributed by atoms with Crippen LogP contribution in [0.4, 0.5) is 11.4 Å². The first-order valence-corrected chi connectivity index (χ1v) is 7.12. The third kappa shape index (κ3) is 2.67. The van der Waals surface area contributed by atoms with E-state index in [0.717, 1.165) is 11.4 Å². The van der Waals surface area contributed by atoms with Crippen LogP contribution in [0.3, 0.4) is 0 Å². The van der Waals surface area contributed by atoms with Gasteiger partial charge >= 0.3 is 0 Å². The van der Waals surface area contributed by atoms with Crippen LogP contribution in [-0.4, -0.2) is 0 Å². The molecule has 0 saturated heterocycles. The molecule has 0 bridgehead atoms. The molecule has 3 heteroatoms. The van der Waals surface area contributed by atoms with Gasteiger partial charge in [-0.05, 0) is 35.9 Å². The predicted molar refractivity (Wildman–Crippen MR) is 81.1 cm³/mol. The van der Waals surface area contributed by atoms with Gasteiger partial charge in [0.05, 0.1) is 17.4 Å². The summed E-state index contributed by atoms with van der Waals surface area (Å²) in [4.78, 5) is 1.35. The van der Waals surface area contributed by atoms with Crippen molar-refractivity contribution in [2.24, 2.45) is 5.92 Å². The lowest BCUT2D eigenvalue weighted by atomic mass is 10.0. The van der Waals surface area contributed by atoms with E-state index in [1.54, 1.807) is 11.3 Å². The molecule has 1 heterocycles. The number of hydrogen-bond donors (Lipinski definition) is 2. The number of benzene rings is 1. The van der Waals surface area contributed by atoms with Gasteiger partial charge in [0.25, 0.3) is 0 Å². The monoisotopic (exact) mass is 260 g/mol. The Morgan fingerprint density at radius 2 is 1.94 bits per heavy atom. The number of para-hydroxylation sites is 1. The molecule has 18 heavy (non-hydrogen) atoms. The highest BCUT2D eigenvalue weighted by molar-refractivity contribution is 7.10. The van der Waals surface area contributed by atoms with Crippen molar-refractivity contribution in [3.63, 3.8) is 0 Å². The van der Waals surface area contributed by atoms with Crippen LogP contribution in [0, 0.1) is 12.8 Å². The van der Waals surface area contributed by atoms with Crippen LogP contribution in [0.15, 0.2) is 35.7 Å². The molecular weight excluding hydrogens is 240 g/mol. The fraction of sp³-hybridized carbons (Fsp3) is 0.333. The molecular formula is C15H20N2S. The zero-order valence-electron chi connectivity index (χ0n) is 11.1. The lowest BCUT2D eigenvalue weighted by Crippen LogP contribution is -2.17. The van der Waals surface area contributed by atoms with Gasteiger partial charge < -0.3 is 11.1 Å². The van der Waals surface area contributed by atoms with E-state index in [4.69, 9.17) is 5.73 Å². The van der Waals surface area contributed by atoms with E-state index in [1.165, 1.54) is 10.4 Å². The van der Waals surface area contributed by atoms with Crippen molar-refractivity contribution in [2.75, 3.05) is 11.1 Å². The summed E-state index contributed by atoms with van der Waals surface area (Å²) in [5.41, 5.74) is 9.13. The number of rotatable bonds is 4. The van der Waals surface area contributed by atoms with Gasteiger partial charge in [-0.15, -0.1) is 11.3 Å². The summed E-state index contributed by atoms with van der Waals surface area (Å²) < 4.78 is 0. The van der Waals surface area contributed by atoms with Crippen molar-refractivity contribution in [1.82, 2.24) is 0 Å². The van der Waals surface area contributed by atoms with Gasteiger partial charge in [-0.2, -0.15) is 0 Å². The summed E-state index contributed by atoms with van der Waals surface area (Å²) in [5, 5.41) is 5.72. The Morgan fingerprint density at radius 1 is 1.17 bits per heavy atom.